The van der Waals surface area contributed by atoms with Gasteiger partial charge < -0.3 is 4.90 Å². The summed E-state index contributed by atoms with van der Waals surface area (Å²) in [4.78, 5) is 14.6. The van der Waals surface area contributed by atoms with Gasteiger partial charge in [0.15, 0.2) is 0 Å². The van der Waals surface area contributed by atoms with E-state index >= 15 is 0 Å². The second-order valence-corrected chi connectivity index (χ2v) is 11.4. The number of sulfonamides is 1. The van der Waals surface area contributed by atoms with Crippen molar-refractivity contribution in [3.8, 4) is 0 Å². The Morgan fingerprint density at radius 3 is 2.66 bits per heavy atom. The number of benzene rings is 1. The van der Waals surface area contributed by atoms with Gasteiger partial charge in [0.2, 0.25) is 5.91 Å². The van der Waals surface area contributed by atoms with E-state index in [9.17, 15) is 13.2 Å². The monoisotopic (exact) mass is 434 g/mol. The van der Waals surface area contributed by atoms with E-state index in [4.69, 9.17) is 0 Å². The fourth-order valence-corrected chi connectivity index (χ4v) is 6.24. The van der Waals surface area contributed by atoms with E-state index in [-0.39, 0.29) is 11.3 Å². The lowest BCUT2D eigenvalue weighted by Gasteiger charge is -2.25. The van der Waals surface area contributed by atoms with Crippen LogP contribution in [0.15, 0.2) is 52.1 Å². The standard InChI is InChI=1S/C22H30N2O3S2/c1-22(13-12-19-8-4-3-5-9-19)14-16-24(18-22)20(25)10-6-15-23(2)29(26,27)21-11-7-17-28-21/h3-5,7-9,11,17H,6,10,12-16,18H2,1-2H3. The third-order valence-corrected chi connectivity index (χ3v) is 9.02. The van der Waals surface area contributed by atoms with Gasteiger partial charge in [-0.05, 0) is 48.1 Å². The predicted octanol–water partition coefficient (Wildman–Crippen LogP) is 4.02. The number of aryl methyl sites for hydroxylation is 1. The Balaban J connectivity index is 1.43. The van der Waals surface area contributed by atoms with Gasteiger partial charge in [-0.25, -0.2) is 12.7 Å². The van der Waals surface area contributed by atoms with Crippen molar-refractivity contribution in [2.45, 2.75) is 43.2 Å². The van der Waals surface area contributed by atoms with Gasteiger partial charge in [0.1, 0.15) is 4.21 Å². The number of carbonyl (C=O) groups excluding carboxylic acids is 1. The highest BCUT2D eigenvalue weighted by molar-refractivity contribution is 7.91. The summed E-state index contributed by atoms with van der Waals surface area (Å²) in [7, 11) is -1.86. The molecule has 1 aromatic carbocycles. The Labute approximate surface area is 178 Å². The van der Waals surface area contributed by atoms with Crippen molar-refractivity contribution in [2.24, 2.45) is 5.41 Å². The number of amides is 1. The van der Waals surface area contributed by atoms with Crippen molar-refractivity contribution in [1.29, 1.82) is 0 Å². The molecule has 1 atom stereocenters. The smallest absolute Gasteiger partial charge is 0.252 e. The number of carbonyl (C=O) groups is 1. The van der Waals surface area contributed by atoms with Crippen molar-refractivity contribution in [1.82, 2.24) is 9.21 Å². The molecule has 0 saturated carbocycles. The molecule has 0 aliphatic carbocycles. The molecule has 1 aromatic heterocycles. The fraction of sp³-hybridized carbons (Fsp3) is 0.500. The number of hydrogen-bond acceptors (Lipinski definition) is 4. The highest BCUT2D eigenvalue weighted by Crippen LogP contribution is 2.35. The molecule has 0 radical (unpaired) electrons. The first-order valence-electron chi connectivity index (χ1n) is 10.1. The molecule has 1 unspecified atom stereocenters. The molecule has 7 heteroatoms. The summed E-state index contributed by atoms with van der Waals surface area (Å²) in [6, 6.07) is 13.8. The topological polar surface area (TPSA) is 57.7 Å². The summed E-state index contributed by atoms with van der Waals surface area (Å²) < 4.78 is 26.6. The van der Waals surface area contributed by atoms with Gasteiger partial charge in [-0.1, -0.05) is 43.3 Å². The maximum Gasteiger partial charge on any atom is 0.252 e. The van der Waals surface area contributed by atoms with Crippen molar-refractivity contribution in [3.63, 3.8) is 0 Å². The fourth-order valence-electron chi connectivity index (χ4n) is 3.83. The van der Waals surface area contributed by atoms with Crippen LogP contribution in [0.1, 0.15) is 38.2 Å². The summed E-state index contributed by atoms with van der Waals surface area (Å²) in [5.74, 6) is 0.135. The lowest BCUT2D eigenvalue weighted by molar-refractivity contribution is -0.130. The zero-order valence-corrected chi connectivity index (χ0v) is 18.8. The van der Waals surface area contributed by atoms with E-state index < -0.39 is 10.0 Å². The van der Waals surface area contributed by atoms with Gasteiger partial charge in [0.05, 0.1) is 0 Å². The number of hydrogen-bond donors (Lipinski definition) is 0. The first kappa shape index (κ1) is 22.0. The van der Waals surface area contributed by atoms with Crippen molar-refractivity contribution >= 4 is 27.3 Å². The second kappa shape index (κ2) is 9.41. The van der Waals surface area contributed by atoms with Crippen molar-refractivity contribution < 1.29 is 13.2 Å². The van der Waals surface area contributed by atoms with E-state index in [1.54, 1.807) is 24.6 Å². The van der Waals surface area contributed by atoms with Gasteiger partial charge in [-0.2, -0.15) is 0 Å². The van der Waals surface area contributed by atoms with Gasteiger partial charge in [-0.15, -0.1) is 11.3 Å². The van der Waals surface area contributed by atoms with Crippen LogP contribution in [0.25, 0.3) is 0 Å². The van der Waals surface area contributed by atoms with E-state index in [1.165, 1.54) is 21.2 Å². The highest BCUT2D eigenvalue weighted by atomic mass is 32.2. The molecule has 5 nitrogen and oxygen atoms in total. The third-order valence-electron chi connectivity index (χ3n) is 5.79. The Morgan fingerprint density at radius 2 is 1.97 bits per heavy atom. The lowest BCUT2D eigenvalue weighted by atomic mass is 9.83. The van der Waals surface area contributed by atoms with Crippen molar-refractivity contribution in [3.05, 3.63) is 53.4 Å². The molecule has 1 saturated heterocycles. The van der Waals surface area contributed by atoms with E-state index in [1.807, 2.05) is 11.0 Å². The van der Waals surface area contributed by atoms with Crippen LogP contribution in [0.4, 0.5) is 0 Å². The van der Waals surface area contributed by atoms with E-state index in [0.29, 0.717) is 23.6 Å². The molecule has 158 valence electrons. The summed E-state index contributed by atoms with van der Waals surface area (Å²) in [5, 5.41) is 1.76. The zero-order chi connectivity index (χ0) is 20.9. The van der Waals surface area contributed by atoms with Gasteiger partial charge in [-0.3, -0.25) is 4.79 Å². The number of likely N-dealkylation sites (tertiary alicyclic amines) is 1. The number of nitrogens with zero attached hydrogens (tertiary/aromatic N) is 2. The molecule has 1 aliphatic heterocycles. The maximum absolute atomic E-state index is 12.6. The molecule has 29 heavy (non-hydrogen) atoms. The van der Waals surface area contributed by atoms with Crippen LogP contribution in [0.5, 0.6) is 0 Å². The lowest BCUT2D eigenvalue weighted by Crippen LogP contribution is -2.32. The second-order valence-electron chi connectivity index (χ2n) is 8.22. The molecule has 0 spiro atoms. The molecule has 2 aromatic rings. The highest BCUT2D eigenvalue weighted by Gasteiger charge is 2.35. The molecule has 3 rings (SSSR count). The molecular weight excluding hydrogens is 404 g/mol. The molecular formula is C22H30N2O3S2. The summed E-state index contributed by atoms with van der Waals surface area (Å²) in [5.41, 5.74) is 1.50. The molecule has 2 heterocycles. The Morgan fingerprint density at radius 1 is 1.21 bits per heavy atom. The van der Waals surface area contributed by atoms with Gasteiger partial charge in [0.25, 0.3) is 10.0 Å². The number of rotatable bonds is 9. The van der Waals surface area contributed by atoms with Crippen molar-refractivity contribution in [2.75, 3.05) is 26.7 Å². The average molecular weight is 435 g/mol. The summed E-state index contributed by atoms with van der Waals surface area (Å²) in [6.45, 7) is 4.21. The first-order chi connectivity index (χ1) is 13.8. The maximum atomic E-state index is 12.6. The minimum absolute atomic E-state index is 0.135. The number of thiophene rings is 1. The van der Waals surface area contributed by atoms with E-state index in [0.717, 1.165) is 32.4 Å². The minimum Gasteiger partial charge on any atom is -0.342 e. The van der Waals surface area contributed by atoms with Gasteiger partial charge >= 0.3 is 0 Å². The molecule has 1 aliphatic rings. The first-order valence-corrected chi connectivity index (χ1v) is 12.4. The SMILES string of the molecule is CN(CCCC(=O)N1CCC(C)(CCc2ccccc2)C1)S(=O)(=O)c1cccs1. The largest absolute Gasteiger partial charge is 0.342 e. The Hall–Kier alpha value is -1.70. The van der Waals surface area contributed by atoms with Gasteiger partial charge in [0, 0.05) is 33.1 Å². The predicted molar refractivity (Wildman–Crippen MR) is 117 cm³/mol. The van der Waals surface area contributed by atoms with Crippen LogP contribution in [-0.4, -0.2) is 50.2 Å². The Bertz CT molecular complexity index is 897. The minimum atomic E-state index is -3.44. The van der Waals surface area contributed by atoms with Crippen LogP contribution in [0, 0.1) is 5.41 Å². The molecule has 0 N–H and O–H groups in total. The Kier molecular flexibility index (Phi) is 7.14. The van der Waals surface area contributed by atoms with Crippen LogP contribution >= 0.6 is 11.3 Å². The summed E-state index contributed by atoms with van der Waals surface area (Å²) >= 11 is 1.22. The zero-order valence-electron chi connectivity index (χ0n) is 17.2. The van der Waals surface area contributed by atoms with Crippen LogP contribution in [0.2, 0.25) is 0 Å². The third kappa shape index (κ3) is 5.68. The molecule has 1 fully saturated rings. The van der Waals surface area contributed by atoms with Crippen LogP contribution in [-0.2, 0) is 21.2 Å². The van der Waals surface area contributed by atoms with Crippen LogP contribution < -0.4 is 0 Å². The van der Waals surface area contributed by atoms with Crippen LogP contribution in [0.3, 0.4) is 0 Å². The molecule has 1 amide bonds. The van der Waals surface area contributed by atoms with E-state index in [2.05, 4.69) is 31.2 Å². The summed E-state index contributed by atoms with van der Waals surface area (Å²) in [6.07, 6.45) is 4.06. The quantitative estimate of drug-likeness (QED) is 0.599. The normalized spacial score (nSPS) is 19.8. The molecule has 0 bridgehead atoms. The average Bonchev–Trinajstić information content (AvgIpc) is 3.38.